The van der Waals surface area contributed by atoms with Gasteiger partial charge in [-0.05, 0) is 66.2 Å². The van der Waals surface area contributed by atoms with Crippen LogP contribution in [0.3, 0.4) is 0 Å². The fourth-order valence-electron chi connectivity index (χ4n) is 4.79. The molecule has 0 N–H and O–H groups in total. The topological polar surface area (TPSA) is 93.2 Å². The van der Waals surface area contributed by atoms with Crippen molar-refractivity contribution in [2.45, 2.75) is 103 Å². The zero-order chi connectivity index (χ0) is 21.8. The fourth-order valence-corrected chi connectivity index (χ4v) is 6.72. The molecule has 9 heteroatoms. The van der Waals surface area contributed by atoms with Gasteiger partial charge in [-0.15, -0.1) is 0 Å². The fraction of sp³-hybridized carbons (Fsp3) is 0.900. The largest absolute Gasteiger partial charge is 0.458 e. The Kier molecular flexibility index (Phi) is 5.48. The van der Waals surface area contributed by atoms with Gasteiger partial charge < -0.3 is 9.47 Å². The molecule has 1 aliphatic carbocycles. The van der Waals surface area contributed by atoms with Crippen molar-refractivity contribution in [3.8, 4) is 0 Å². The van der Waals surface area contributed by atoms with E-state index in [0.29, 0.717) is 17.3 Å². The summed E-state index contributed by atoms with van der Waals surface area (Å²) in [6, 6.07) is -1.84. The van der Waals surface area contributed by atoms with Crippen molar-refractivity contribution in [2.75, 3.05) is 6.54 Å². The summed E-state index contributed by atoms with van der Waals surface area (Å²) in [7, 11) is -4.17. The molecule has 0 unspecified atom stereocenters. The standard InChI is InChI=1S/C20H34N2O6S/c1-18(2,3)27-16(23)15-14-12-20(10-8-7-9-11-20)13-21(14)29(25,26)22(15)17(24)28-19(4,5)6/h14-15H,7-13H2,1-6H3/t14-,15+/m0/s1. The van der Waals surface area contributed by atoms with Gasteiger partial charge in [0.15, 0.2) is 6.04 Å². The lowest BCUT2D eigenvalue weighted by molar-refractivity contribution is -0.160. The first kappa shape index (κ1) is 22.3. The maximum atomic E-state index is 13.4. The van der Waals surface area contributed by atoms with Crippen molar-refractivity contribution in [1.82, 2.24) is 8.61 Å². The molecular weight excluding hydrogens is 396 g/mol. The van der Waals surface area contributed by atoms with Crippen molar-refractivity contribution in [3.05, 3.63) is 0 Å². The summed E-state index contributed by atoms with van der Waals surface area (Å²) >= 11 is 0. The number of esters is 1. The Morgan fingerprint density at radius 1 is 0.931 bits per heavy atom. The van der Waals surface area contributed by atoms with E-state index in [0.717, 1.165) is 32.1 Å². The van der Waals surface area contributed by atoms with Crippen molar-refractivity contribution in [3.63, 3.8) is 0 Å². The van der Waals surface area contributed by atoms with E-state index in [4.69, 9.17) is 9.47 Å². The molecule has 0 aromatic rings. The van der Waals surface area contributed by atoms with Crippen LogP contribution < -0.4 is 0 Å². The number of hydrogen-bond donors (Lipinski definition) is 0. The number of hydrogen-bond acceptors (Lipinski definition) is 6. The molecule has 3 fully saturated rings. The van der Waals surface area contributed by atoms with Crippen LogP contribution in [0.4, 0.5) is 4.79 Å². The molecule has 8 nitrogen and oxygen atoms in total. The molecule has 3 rings (SSSR count). The third-order valence-electron chi connectivity index (χ3n) is 5.80. The Bertz CT molecular complexity index is 774. The molecule has 2 atom stereocenters. The first-order valence-corrected chi connectivity index (χ1v) is 11.8. The van der Waals surface area contributed by atoms with Gasteiger partial charge in [-0.25, -0.2) is 9.59 Å². The summed E-state index contributed by atoms with van der Waals surface area (Å²) in [5.74, 6) is -0.702. The Hall–Kier alpha value is -1.35. The summed E-state index contributed by atoms with van der Waals surface area (Å²) in [6.45, 7) is 10.5. The minimum Gasteiger partial charge on any atom is -0.458 e. The van der Waals surface area contributed by atoms with Crippen LogP contribution in [-0.2, 0) is 24.5 Å². The quantitative estimate of drug-likeness (QED) is 0.593. The lowest BCUT2D eigenvalue weighted by Crippen LogP contribution is -2.51. The maximum Gasteiger partial charge on any atom is 0.426 e. The molecule has 2 aliphatic heterocycles. The molecular formula is C20H34N2O6S. The summed E-state index contributed by atoms with van der Waals surface area (Å²) in [5, 5.41) is 0. The number of ether oxygens (including phenoxy) is 2. The molecule has 166 valence electrons. The van der Waals surface area contributed by atoms with Crippen LogP contribution in [0.25, 0.3) is 0 Å². The predicted octanol–water partition coefficient (Wildman–Crippen LogP) is 3.22. The van der Waals surface area contributed by atoms with Gasteiger partial charge in [0, 0.05) is 6.54 Å². The van der Waals surface area contributed by atoms with Crippen LogP contribution >= 0.6 is 0 Å². The van der Waals surface area contributed by atoms with E-state index in [9.17, 15) is 18.0 Å². The lowest BCUT2D eigenvalue weighted by atomic mass is 9.72. The van der Waals surface area contributed by atoms with Crippen LogP contribution in [0.5, 0.6) is 0 Å². The van der Waals surface area contributed by atoms with Gasteiger partial charge in [-0.2, -0.15) is 17.0 Å². The monoisotopic (exact) mass is 430 g/mol. The minimum absolute atomic E-state index is 0.115. The molecule has 0 radical (unpaired) electrons. The third kappa shape index (κ3) is 4.40. The average Bonchev–Trinajstić information content (AvgIpc) is 2.97. The predicted molar refractivity (Wildman–Crippen MR) is 107 cm³/mol. The van der Waals surface area contributed by atoms with E-state index < -0.39 is 45.6 Å². The summed E-state index contributed by atoms with van der Waals surface area (Å²) in [6.07, 6.45) is 4.71. The van der Waals surface area contributed by atoms with Gasteiger partial charge in [-0.3, -0.25) is 0 Å². The summed E-state index contributed by atoms with van der Waals surface area (Å²) < 4.78 is 39.5. The van der Waals surface area contributed by atoms with Crippen LogP contribution in [0.15, 0.2) is 0 Å². The van der Waals surface area contributed by atoms with Crippen LogP contribution in [-0.4, -0.2) is 58.9 Å². The second-order valence-electron chi connectivity index (χ2n) is 10.6. The third-order valence-corrected chi connectivity index (χ3v) is 7.67. The second kappa shape index (κ2) is 7.11. The lowest BCUT2D eigenvalue weighted by Gasteiger charge is -2.35. The smallest absolute Gasteiger partial charge is 0.426 e. The van der Waals surface area contributed by atoms with Gasteiger partial charge in [0.1, 0.15) is 11.2 Å². The summed E-state index contributed by atoms with van der Waals surface area (Å²) in [4.78, 5) is 25.9. The Morgan fingerprint density at radius 3 is 2.00 bits per heavy atom. The van der Waals surface area contributed by atoms with Crippen LogP contribution in [0, 0.1) is 5.41 Å². The Balaban J connectivity index is 1.98. The molecule has 0 bridgehead atoms. The van der Waals surface area contributed by atoms with Crippen molar-refractivity contribution < 1.29 is 27.5 Å². The number of carbonyl (C=O) groups is 2. The Labute approximate surface area is 174 Å². The van der Waals surface area contributed by atoms with E-state index in [-0.39, 0.29) is 5.41 Å². The molecule has 0 aromatic heterocycles. The molecule has 29 heavy (non-hydrogen) atoms. The first-order chi connectivity index (χ1) is 13.2. The van der Waals surface area contributed by atoms with Crippen molar-refractivity contribution in [1.29, 1.82) is 0 Å². The molecule has 3 aliphatic rings. The molecule has 1 saturated carbocycles. The minimum atomic E-state index is -4.17. The Morgan fingerprint density at radius 2 is 1.48 bits per heavy atom. The molecule has 0 aromatic carbocycles. The van der Waals surface area contributed by atoms with Gasteiger partial charge in [0.2, 0.25) is 0 Å². The summed E-state index contributed by atoms with van der Waals surface area (Å²) in [5.41, 5.74) is -1.80. The highest BCUT2D eigenvalue weighted by Crippen LogP contribution is 2.51. The highest BCUT2D eigenvalue weighted by atomic mass is 32.2. The number of fused-ring (bicyclic) bond motifs is 1. The average molecular weight is 431 g/mol. The van der Waals surface area contributed by atoms with E-state index in [1.54, 1.807) is 41.5 Å². The first-order valence-electron chi connectivity index (χ1n) is 10.4. The highest BCUT2D eigenvalue weighted by Gasteiger charge is 2.64. The number of amides is 1. The van der Waals surface area contributed by atoms with Gasteiger partial charge in [-0.1, -0.05) is 19.3 Å². The van der Waals surface area contributed by atoms with Crippen molar-refractivity contribution in [2.24, 2.45) is 5.41 Å². The number of nitrogens with zero attached hydrogens (tertiary/aromatic N) is 2. The SMILES string of the molecule is CC(C)(C)OC(=O)[C@H]1[C@@H]2CC3(CCCCC3)CN2S(=O)(=O)N1C(=O)OC(C)(C)C. The molecule has 1 spiro atoms. The second-order valence-corrected chi connectivity index (χ2v) is 12.4. The van der Waals surface area contributed by atoms with E-state index in [2.05, 4.69) is 0 Å². The van der Waals surface area contributed by atoms with E-state index in [1.165, 1.54) is 4.31 Å². The van der Waals surface area contributed by atoms with Gasteiger partial charge >= 0.3 is 22.3 Å². The maximum absolute atomic E-state index is 13.4. The number of carbonyl (C=O) groups excluding carboxylic acids is 2. The van der Waals surface area contributed by atoms with Gasteiger partial charge in [0.05, 0.1) is 6.04 Å². The van der Waals surface area contributed by atoms with Crippen molar-refractivity contribution >= 4 is 22.3 Å². The molecule has 2 saturated heterocycles. The number of rotatable bonds is 1. The van der Waals surface area contributed by atoms with E-state index >= 15 is 0 Å². The highest BCUT2D eigenvalue weighted by molar-refractivity contribution is 7.87. The molecule has 1 amide bonds. The van der Waals surface area contributed by atoms with Gasteiger partial charge in [0.25, 0.3) is 0 Å². The van der Waals surface area contributed by atoms with Crippen LogP contribution in [0.1, 0.15) is 80.1 Å². The van der Waals surface area contributed by atoms with E-state index in [1.807, 2.05) is 0 Å². The van der Waals surface area contributed by atoms with Crippen LogP contribution in [0.2, 0.25) is 0 Å². The zero-order valence-electron chi connectivity index (χ0n) is 18.4. The zero-order valence-corrected chi connectivity index (χ0v) is 19.2. The molecule has 2 heterocycles. The normalized spacial score (nSPS) is 29.0.